The van der Waals surface area contributed by atoms with Gasteiger partial charge in [0.15, 0.2) is 0 Å². The van der Waals surface area contributed by atoms with Crippen LogP contribution in [-0.2, 0) is 11.3 Å². The molecular formula is C13H11ClF2N2O2. The first-order valence-electron chi connectivity index (χ1n) is 5.74. The third-order valence-electron chi connectivity index (χ3n) is 2.69. The molecule has 1 heterocycles. The average molecular weight is 301 g/mol. The molecule has 0 N–H and O–H groups in total. The molecule has 0 fully saturated rings. The van der Waals surface area contributed by atoms with Crippen LogP contribution in [0.3, 0.4) is 0 Å². The Morgan fingerprint density at radius 1 is 1.45 bits per heavy atom. The number of benzene rings is 1. The van der Waals surface area contributed by atoms with Crippen molar-refractivity contribution in [1.29, 1.82) is 0 Å². The molecule has 2 rings (SSSR count). The summed E-state index contributed by atoms with van der Waals surface area (Å²) in [6.45, 7) is 0.622. The van der Waals surface area contributed by atoms with E-state index in [0.717, 1.165) is 12.1 Å². The van der Waals surface area contributed by atoms with Gasteiger partial charge in [-0.1, -0.05) is 11.6 Å². The molecule has 0 bridgehead atoms. The van der Waals surface area contributed by atoms with Gasteiger partial charge in [-0.05, 0) is 12.1 Å². The van der Waals surface area contributed by atoms with Crippen LogP contribution in [0.15, 0.2) is 24.4 Å². The minimum Gasteiger partial charge on any atom is -0.383 e. The number of aromatic nitrogens is 2. The highest BCUT2D eigenvalue weighted by Crippen LogP contribution is 2.21. The van der Waals surface area contributed by atoms with Gasteiger partial charge in [0, 0.05) is 13.2 Å². The number of ketones is 1. The Labute approximate surface area is 118 Å². The van der Waals surface area contributed by atoms with Crippen LogP contribution in [0.25, 0.3) is 0 Å². The molecule has 0 spiro atoms. The zero-order valence-corrected chi connectivity index (χ0v) is 11.3. The molecule has 1 aromatic carbocycles. The number of carbonyl (C=O) groups excluding carboxylic acids is 1. The number of nitrogens with zero attached hydrogens (tertiary/aromatic N) is 2. The first-order chi connectivity index (χ1) is 9.54. The smallest absolute Gasteiger partial charge is 0.215 e. The zero-order valence-electron chi connectivity index (χ0n) is 10.6. The molecule has 0 atom stereocenters. The van der Waals surface area contributed by atoms with Crippen molar-refractivity contribution < 1.29 is 18.3 Å². The molecule has 0 unspecified atom stereocenters. The Hall–Kier alpha value is -1.79. The minimum absolute atomic E-state index is 0.0502. The maximum absolute atomic E-state index is 13.6. The van der Waals surface area contributed by atoms with Crippen LogP contribution < -0.4 is 0 Å². The van der Waals surface area contributed by atoms with Crippen molar-refractivity contribution in [3.05, 3.63) is 52.3 Å². The fourth-order valence-corrected chi connectivity index (χ4v) is 1.96. The fourth-order valence-electron chi connectivity index (χ4n) is 1.74. The van der Waals surface area contributed by atoms with Gasteiger partial charge in [-0.25, -0.2) is 8.78 Å². The van der Waals surface area contributed by atoms with Crippen molar-refractivity contribution in [1.82, 2.24) is 9.78 Å². The molecule has 106 valence electrons. The summed E-state index contributed by atoms with van der Waals surface area (Å²) in [6.07, 6.45) is 1.30. The Morgan fingerprint density at radius 3 is 2.85 bits per heavy atom. The Kier molecular flexibility index (Phi) is 4.46. The molecule has 0 saturated carbocycles. The van der Waals surface area contributed by atoms with Crippen molar-refractivity contribution >= 4 is 17.4 Å². The van der Waals surface area contributed by atoms with E-state index in [9.17, 15) is 13.6 Å². The molecule has 0 saturated heterocycles. The number of rotatable bonds is 5. The Morgan fingerprint density at radius 2 is 2.20 bits per heavy atom. The first kappa shape index (κ1) is 14.6. The average Bonchev–Trinajstić information content (AvgIpc) is 2.77. The Balaban J connectivity index is 2.40. The second kappa shape index (κ2) is 6.11. The van der Waals surface area contributed by atoms with Crippen molar-refractivity contribution in [2.45, 2.75) is 6.54 Å². The van der Waals surface area contributed by atoms with Crippen LogP contribution >= 0.6 is 11.6 Å². The summed E-state index contributed by atoms with van der Waals surface area (Å²) in [5, 5.41) is 4.04. The van der Waals surface area contributed by atoms with Crippen molar-refractivity contribution in [2.24, 2.45) is 0 Å². The largest absolute Gasteiger partial charge is 0.383 e. The third-order valence-corrected chi connectivity index (χ3v) is 2.97. The van der Waals surface area contributed by atoms with Crippen molar-refractivity contribution in [3.8, 4) is 0 Å². The van der Waals surface area contributed by atoms with E-state index in [4.69, 9.17) is 16.3 Å². The van der Waals surface area contributed by atoms with Crippen LogP contribution in [-0.4, -0.2) is 29.3 Å². The topological polar surface area (TPSA) is 44.1 Å². The highest BCUT2D eigenvalue weighted by Gasteiger charge is 2.22. The molecule has 7 heteroatoms. The number of carbonyl (C=O) groups is 1. The molecule has 20 heavy (non-hydrogen) atoms. The lowest BCUT2D eigenvalue weighted by atomic mass is 10.1. The van der Waals surface area contributed by atoms with E-state index in [0.29, 0.717) is 19.2 Å². The predicted octanol–water partition coefficient (Wildman–Crippen LogP) is 2.69. The summed E-state index contributed by atoms with van der Waals surface area (Å²) in [5.41, 5.74) is -0.207. The highest BCUT2D eigenvalue weighted by atomic mass is 35.5. The van der Waals surface area contributed by atoms with Gasteiger partial charge >= 0.3 is 0 Å². The number of hydrogen-bond acceptors (Lipinski definition) is 3. The van der Waals surface area contributed by atoms with Gasteiger partial charge in [-0.15, -0.1) is 0 Å². The van der Waals surface area contributed by atoms with E-state index in [2.05, 4.69) is 5.10 Å². The SMILES string of the molecule is COCCn1ncc(Cl)c1C(=O)c1ccc(F)cc1F. The number of hydrogen-bond donors (Lipinski definition) is 0. The van der Waals surface area contributed by atoms with E-state index in [1.54, 1.807) is 0 Å². The lowest BCUT2D eigenvalue weighted by Crippen LogP contribution is -2.15. The van der Waals surface area contributed by atoms with E-state index >= 15 is 0 Å². The van der Waals surface area contributed by atoms with Crippen molar-refractivity contribution in [3.63, 3.8) is 0 Å². The van der Waals surface area contributed by atoms with Crippen LogP contribution in [0.2, 0.25) is 5.02 Å². The first-order valence-corrected chi connectivity index (χ1v) is 6.12. The second-order valence-electron chi connectivity index (χ2n) is 4.01. The number of halogens is 3. The Bertz CT molecular complexity index is 643. The molecule has 1 aromatic heterocycles. The molecule has 0 aliphatic carbocycles. The van der Waals surface area contributed by atoms with Gasteiger partial charge in [0.1, 0.15) is 17.3 Å². The normalized spacial score (nSPS) is 10.8. The second-order valence-corrected chi connectivity index (χ2v) is 4.42. The van der Waals surface area contributed by atoms with Crippen LogP contribution in [0.4, 0.5) is 8.78 Å². The van der Waals surface area contributed by atoms with Crippen LogP contribution in [0, 0.1) is 11.6 Å². The van der Waals surface area contributed by atoms with Gasteiger partial charge in [-0.3, -0.25) is 9.48 Å². The van der Waals surface area contributed by atoms with E-state index in [-0.39, 0.29) is 16.3 Å². The lowest BCUT2D eigenvalue weighted by Gasteiger charge is -2.07. The molecule has 0 radical (unpaired) electrons. The molecule has 4 nitrogen and oxygen atoms in total. The van der Waals surface area contributed by atoms with Gasteiger partial charge in [0.05, 0.1) is 29.9 Å². The lowest BCUT2D eigenvalue weighted by molar-refractivity contribution is 0.102. The summed E-state index contributed by atoms with van der Waals surface area (Å²) in [5.74, 6) is -2.34. The van der Waals surface area contributed by atoms with Gasteiger partial charge in [0.25, 0.3) is 0 Å². The maximum Gasteiger partial charge on any atom is 0.215 e. The molecular weight excluding hydrogens is 290 g/mol. The molecule has 0 aliphatic rings. The summed E-state index contributed by atoms with van der Waals surface area (Å²) in [4.78, 5) is 12.3. The van der Waals surface area contributed by atoms with E-state index in [1.165, 1.54) is 18.0 Å². The van der Waals surface area contributed by atoms with E-state index < -0.39 is 17.4 Å². The summed E-state index contributed by atoms with van der Waals surface area (Å²) < 4.78 is 32.7. The van der Waals surface area contributed by atoms with Crippen LogP contribution in [0.1, 0.15) is 16.1 Å². The van der Waals surface area contributed by atoms with Gasteiger partial charge in [0.2, 0.25) is 5.78 Å². The predicted molar refractivity (Wildman–Crippen MR) is 68.9 cm³/mol. The minimum atomic E-state index is -0.939. The highest BCUT2D eigenvalue weighted by molar-refractivity contribution is 6.34. The molecule has 0 aliphatic heterocycles. The zero-order chi connectivity index (χ0) is 14.7. The fraction of sp³-hybridized carbons (Fsp3) is 0.231. The molecule has 0 amide bonds. The summed E-state index contributed by atoms with van der Waals surface area (Å²) in [7, 11) is 1.51. The van der Waals surface area contributed by atoms with Crippen molar-refractivity contribution in [2.75, 3.05) is 13.7 Å². The number of methoxy groups -OCH3 is 1. The van der Waals surface area contributed by atoms with E-state index in [1.807, 2.05) is 0 Å². The van der Waals surface area contributed by atoms with Gasteiger partial charge < -0.3 is 4.74 Å². The maximum atomic E-state index is 13.6. The van der Waals surface area contributed by atoms with Gasteiger partial charge in [-0.2, -0.15) is 5.10 Å². The third kappa shape index (κ3) is 2.86. The van der Waals surface area contributed by atoms with Crippen LogP contribution in [0.5, 0.6) is 0 Å². The summed E-state index contributed by atoms with van der Waals surface area (Å²) >= 11 is 5.91. The monoisotopic (exact) mass is 300 g/mol. The number of ether oxygens (including phenoxy) is 1. The summed E-state index contributed by atoms with van der Waals surface area (Å²) in [6, 6.07) is 2.74. The standard InChI is InChI=1S/C13H11ClF2N2O2/c1-20-5-4-18-12(10(14)7-17-18)13(19)9-3-2-8(15)6-11(9)16/h2-3,6-7H,4-5H2,1H3. The quantitative estimate of drug-likeness (QED) is 0.798. The molecule has 2 aromatic rings.